The number of carbonyl (C=O) groups is 1. The Hall–Kier alpha value is -1.99. The van der Waals surface area contributed by atoms with E-state index in [2.05, 4.69) is 0 Å². The molecule has 1 aromatic rings. The van der Waals surface area contributed by atoms with Gasteiger partial charge >= 0.3 is 12.1 Å². The van der Waals surface area contributed by atoms with Crippen LogP contribution in [0.4, 0.5) is 18.9 Å². The fourth-order valence-electron chi connectivity index (χ4n) is 0.938. The number of carboxylic acid groups (broad SMARTS) is 1. The van der Waals surface area contributed by atoms with E-state index in [-0.39, 0.29) is 0 Å². The lowest BCUT2D eigenvalue weighted by atomic mass is 10.1. The quantitative estimate of drug-likeness (QED) is 0.650. The molecule has 0 aliphatic carbocycles. The average Bonchev–Trinajstić information content (AvgIpc) is 2.06. The van der Waals surface area contributed by atoms with Gasteiger partial charge in [0.25, 0.3) is 5.56 Å². The number of rotatable bonds is 1. The Morgan fingerprint density at radius 2 is 2.00 bits per heavy atom. The SMILES string of the molecule is Nc1cc(C(F)(F)F)c(C(=O)O)[nH]c1=O. The maximum absolute atomic E-state index is 12.3. The Labute approximate surface area is 80.3 Å². The molecule has 0 saturated carbocycles. The Balaban J connectivity index is 3.56. The van der Waals surface area contributed by atoms with Gasteiger partial charge < -0.3 is 15.8 Å². The lowest BCUT2D eigenvalue weighted by molar-refractivity contribution is -0.138. The first-order valence-electron chi connectivity index (χ1n) is 3.56. The van der Waals surface area contributed by atoms with Crippen LogP contribution in [-0.2, 0) is 6.18 Å². The number of carboxylic acids is 1. The molecule has 15 heavy (non-hydrogen) atoms. The number of alkyl halides is 3. The van der Waals surface area contributed by atoms with Crippen molar-refractivity contribution in [3.63, 3.8) is 0 Å². The molecule has 0 saturated heterocycles. The minimum absolute atomic E-state index is 0.294. The predicted octanol–water partition coefficient (Wildman–Crippen LogP) is 0.674. The van der Waals surface area contributed by atoms with E-state index in [0.717, 1.165) is 0 Å². The van der Waals surface area contributed by atoms with Gasteiger partial charge in [-0.1, -0.05) is 0 Å². The smallest absolute Gasteiger partial charge is 0.418 e. The third kappa shape index (κ3) is 2.09. The van der Waals surface area contributed by atoms with Crippen LogP contribution in [0.5, 0.6) is 0 Å². The topological polar surface area (TPSA) is 96.2 Å². The maximum Gasteiger partial charge on any atom is 0.418 e. The highest BCUT2D eigenvalue weighted by Gasteiger charge is 2.36. The van der Waals surface area contributed by atoms with E-state index in [1.165, 1.54) is 0 Å². The highest BCUT2D eigenvalue weighted by atomic mass is 19.4. The molecule has 1 aromatic heterocycles. The van der Waals surface area contributed by atoms with E-state index in [4.69, 9.17) is 10.8 Å². The van der Waals surface area contributed by atoms with Gasteiger partial charge in [0, 0.05) is 0 Å². The number of pyridine rings is 1. The molecule has 0 aliphatic rings. The Bertz CT molecular complexity index is 464. The van der Waals surface area contributed by atoms with Gasteiger partial charge in [-0.3, -0.25) is 4.79 Å². The van der Waals surface area contributed by atoms with Crippen molar-refractivity contribution in [1.82, 2.24) is 4.98 Å². The van der Waals surface area contributed by atoms with Crippen molar-refractivity contribution in [1.29, 1.82) is 0 Å². The van der Waals surface area contributed by atoms with E-state index in [0.29, 0.717) is 6.07 Å². The monoisotopic (exact) mass is 222 g/mol. The zero-order valence-corrected chi connectivity index (χ0v) is 7.05. The van der Waals surface area contributed by atoms with Gasteiger partial charge in [0.1, 0.15) is 5.69 Å². The molecule has 0 spiro atoms. The summed E-state index contributed by atoms with van der Waals surface area (Å²) in [6.45, 7) is 0. The standard InChI is InChI=1S/C7H5F3N2O3/c8-7(9,10)2-1-3(11)5(13)12-4(2)6(14)15/h1H,11H2,(H,12,13)(H,14,15). The number of nitrogen functional groups attached to an aromatic ring is 1. The van der Waals surface area contributed by atoms with Gasteiger partial charge in [0.15, 0.2) is 0 Å². The lowest BCUT2D eigenvalue weighted by Gasteiger charge is -2.09. The molecule has 0 unspecified atom stereocenters. The number of anilines is 1. The highest BCUT2D eigenvalue weighted by molar-refractivity contribution is 5.87. The number of nitrogens with one attached hydrogen (secondary N) is 1. The molecule has 0 radical (unpaired) electrons. The van der Waals surface area contributed by atoms with E-state index in [1.807, 2.05) is 0 Å². The number of hydrogen-bond acceptors (Lipinski definition) is 3. The molecular formula is C7H5F3N2O3. The molecule has 0 aliphatic heterocycles. The van der Waals surface area contributed by atoms with E-state index >= 15 is 0 Å². The molecule has 0 amide bonds. The van der Waals surface area contributed by atoms with Crippen molar-refractivity contribution in [2.75, 3.05) is 5.73 Å². The zero-order chi connectivity index (χ0) is 11.8. The Morgan fingerprint density at radius 3 is 2.40 bits per heavy atom. The molecule has 1 heterocycles. The van der Waals surface area contributed by atoms with Crippen LogP contribution >= 0.6 is 0 Å². The van der Waals surface area contributed by atoms with Crippen molar-refractivity contribution in [3.8, 4) is 0 Å². The van der Waals surface area contributed by atoms with Crippen molar-refractivity contribution < 1.29 is 23.1 Å². The van der Waals surface area contributed by atoms with Crippen LogP contribution in [0.3, 0.4) is 0 Å². The summed E-state index contributed by atoms with van der Waals surface area (Å²) in [4.78, 5) is 22.8. The number of aromatic amines is 1. The molecule has 8 heteroatoms. The van der Waals surface area contributed by atoms with E-state index < -0.39 is 34.6 Å². The summed E-state index contributed by atoms with van der Waals surface area (Å²) in [7, 11) is 0. The summed E-state index contributed by atoms with van der Waals surface area (Å²) in [6.07, 6.45) is -4.88. The van der Waals surface area contributed by atoms with Crippen LogP contribution in [0, 0.1) is 0 Å². The van der Waals surface area contributed by atoms with Gasteiger partial charge in [0.2, 0.25) is 0 Å². The van der Waals surface area contributed by atoms with Crippen LogP contribution in [0.15, 0.2) is 10.9 Å². The minimum atomic E-state index is -4.88. The third-order valence-corrected chi connectivity index (χ3v) is 1.59. The zero-order valence-electron chi connectivity index (χ0n) is 7.05. The van der Waals surface area contributed by atoms with Crippen LogP contribution in [0.2, 0.25) is 0 Å². The molecule has 4 N–H and O–H groups in total. The molecule has 0 bridgehead atoms. The van der Waals surface area contributed by atoms with Crippen LogP contribution in [0.1, 0.15) is 16.1 Å². The fraction of sp³-hybridized carbons (Fsp3) is 0.143. The predicted molar refractivity (Wildman–Crippen MR) is 43.4 cm³/mol. The number of aromatic nitrogens is 1. The summed E-state index contributed by atoms with van der Waals surface area (Å²) >= 11 is 0. The first kappa shape index (κ1) is 11.1. The molecule has 82 valence electrons. The lowest BCUT2D eigenvalue weighted by Crippen LogP contribution is -2.22. The number of halogens is 3. The van der Waals surface area contributed by atoms with Crippen LogP contribution in [0.25, 0.3) is 0 Å². The van der Waals surface area contributed by atoms with Gasteiger partial charge in [-0.05, 0) is 6.07 Å². The summed E-state index contributed by atoms with van der Waals surface area (Å²) in [5.41, 5.74) is 0.493. The van der Waals surface area contributed by atoms with Gasteiger partial charge in [-0.25, -0.2) is 4.79 Å². The summed E-state index contributed by atoms with van der Waals surface area (Å²) in [5.74, 6) is -1.88. The number of aromatic carboxylic acids is 1. The van der Waals surface area contributed by atoms with E-state index in [1.54, 1.807) is 4.98 Å². The second-order valence-electron chi connectivity index (χ2n) is 2.65. The molecule has 0 atom stereocenters. The normalized spacial score (nSPS) is 11.4. The van der Waals surface area contributed by atoms with Gasteiger partial charge in [0.05, 0.1) is 11.3 Å². The molecular weight excluding hydrogens is 217 g/mol. The number of nitrogens with two attached hydrogens (primary N) is 1. The van der Waals surface area contributed by atoms with E-state index in [9.17, 15) is 22.8 Å². The maximum atomic E-state index is 12.3. The van der Waals surface area contributed by atoms with Crippen molar-refractivity contribution in [2.24, 2.45) is 0 Å². The minimum Gasteiger partial charge on any atom is -0.477 e. The van der Waals surface area contributed by atoms with Crippen molar-refractivity contribution in [2.45, 2.75) is 6.18 Å². The fourth-order valence-corrected chi connectivity index (χ4v) is 0.938. The largest absolute Gasteiger partial charge is 0.477 e. The van der Waals surface area contributed by atoms with Crippen LogP contribution < -0.4 is 11.3 Å². The second kappa shape index (κ2) is 3.30. The summed E-state index contributed by atoms with van der Waals surface area (Å²) < 4.78 is 36.8. The highest BCUT2D eigenvalue weighted by Crippen LogP contribution is 2.31. The number of H-pyrrole nitrogens is 1. The molecule has 0 aromatic carbocycles. The van der Waals surface area contributed by atoms with Gasteiger partial charge in [-0.15, -0.1) is 0 Å². The molecule has 0 fully saturated rings. The Morgan fingerprint density at radius 1 is 1.47 bits per heavy atom. The average molecular weight is 222 g/mol. The first-order chi connectivity index (χ1) is 6.73. The van der Waals surface area contributed by atoms with Crippen LogP contribution in [-0.4, -0.2) is 16.1 Å². The third-order valence-electron chi connectivity index (χ3n) is 1.59. The first-order valence-corrected chi connectivity index (χ1v) is 3.56. The van der Waals surface area contributed by atoms with Crippen molar-refractivity contribution in [3.05, 3.63) is 27.7 Å². The molecule has 1 rings (SSSR count). The second-order valence-corrected chi connectivity index (χ2v) is 2.65. The summed E-state index contributed by atoms with van der Waals surface area (Å²) in [5, 5.41) is 8.43. The summed E-state index contributed by atoms with van der Waals surface area (Å²) in [6, 6.07) is 0.294. The van der Waals surface area contributed by atoms with Crippen molar-refractivity contribution >= 4 is 11.7 Å². The van der Waals surface area contributed by atoms with Gasteiger partial charge in [-0.2, -0.15) is 13.2 Å². The number of hydrogen-bond donors (Lipinski definition) is 3. The molecule has 5 nitrogen and oxygen atoms in total. The Kier molecular flexibility index (Phi) is 2.44.